The lowest BCUT2D eigenvalue weighted by Crippen LogP contribution is -2.33. The van der Waals surface area contributed by atoms with Crippen LogP contribution in [0.15, 0.2) is 35.1 Å². The fourth-order valence-electron chi connectivity index (χ4n) is 2.53. The topological polar surface area (TPSA) is 110 Å². The Morgan fingerprint density at radius 3 is 2.53 bits per heavy atom. The zero-order valence-electron chi connectivity index (χ0n) is 16.4. The molecule has 0 radical (unpaired) electrons. The van der Waals surface area contributed by atoms with E-state index in [1.807, 2.05) is 4.90 Å². The van der Waals surface area contributed by atoms with Crippen molar-refractivity contribution >= 4 is 11.6 Å². The Morgan fingerprint density at radius 1 is 1.30 bits per heavy atom. The molecule has 1 amide bonds. The van der Waals surface area contributed by atoms with Crippen molar-refractivity contribution in [3.63, 3.8) is 0 Å². The van der Waals surface area contributed by atoms with Gasteiger partial charge in [-0.15, -0.1) is 0 Å². The first kappa shape index (κ1) is 23.0. The van der Waals surface area contributed by atoms with Gasteiger partial charge in [-0.05, 0) is 38.7 Å². The highest BCUT2D eigenvalue weighted by atomic mass is 19.4. The van der Waals surface area contributed by atoms with Crippen molar-refractivity contribution in [1.29, 1.82) is 0 Å². The molecule has 0 bridgehead atoms. The maximum atomic E-state index is 13.1. The van der Waals surface area contributed by atoms with Crippen LogP contribution in [0.25, 0.3) is 0 Å². The number of benzene rings is 1. The van der Waals surface area contributed by atoms with Crippen LogP contribution in [0.4, 0.5) is 18.9 Å². The predicted octanol–water partition coefficient (Wildman–Crippen LogP) is 2.22. The largest absolute Gasteiger partial charge is 0.416 e. The van der Waals surface area contributed by atoms with Crippen molar-refractivity contribution < 1.29 is 22.9 Å². The number of nitrogens with zero attached hydrogens (tertiary/aromatic N) is 4. The lowest BCUT2D eigenvalue weighted by atomic mass is 10.0. The summed E-state index contributed by atoms with van der Waals surface area (Å²) in [6.07, 6.45) is -4.78. The van der Waals surface area contributed by atoms with E-state index in [1.165, 1.54) is 13.0 Å². The molecule has 2 rings (SSSR count). The Hall–Kier alpha value is -3.28. The molecule has 0 saturated heterocycles. The molecular weight excluding hydrogens is 407 g/mol. The number of non-ortho nitro benzene ring substituents is 1. The summed E-state index contributed by atoms with van der Waals surface area (Å²) >= 11 is 0. The molecule has 1 unspecified atom stereocenters. The van der Waals surface area contributed by atoms with E-state index in [2.05, 4.69) is 10.4 Å². The molecule has 1 aromatic heterocycles. The molecule has 30 heavy (non-hydrogen) atoms. The van der Waals surface area contributed by atoms with Crippen LogP contribution in [0.1, 0.15) is 34.6 Å². The van der Waals surface area contributed by atoms with Crippen molar-refractivity contribution in [3.05, 3.63) is 67.6 Å². The van der Waals surface area contributed by atoms with Gasteiger partial charge in [0.1, 0.15) is 5.69 Å². The van der Waals surface area contributed by atoms with Crippen LogP contribution in [0.2, 0.25) is 0 Å². The molecule has 0 spiro atoms. The number of nitro groups is 1. The molecule has 0 aliphatic rings. The zero-order valence-corrected chi connectivity index (χ0v) is 16.4. The smallest absolute Gasteiger partial charge is 0.344 e. The third kappa shape index (κ3) is 5.86. The maximum absolute atomic E-state index is 13.1. The van der Waals surface area contributed by atoms with Crippen molar-refractivity contribution in [2.24, 2.45) is 0 Å². The van der Waals surface area contributed by atoms with Gasteiger partial charge in [0.2, 0.25) is 0 Å². The number of amides is 1. The van der Waals surface area contributed by atoms with E-state index in [4.69, 9.17) is 0 Å². The highest BCUT2D eigenvalue weighted by Gasteiger charge is 2.33. The first-order valence-corrected chi connectivity index (χ1v) is 8.79. The van der Waals surface area contributed by atoms with Crippen molar-refractivity contribution in [3.8, 4) is 0 Å². The van der Waals surface area contributed by atoms with Gasteiger partial charge in [-0.25, -0.2) is 4.68 Å². The molecule has 12 heteroatoms. The van der Waals surface area contributed by atoms with Gasteiger partial charge in [-0.2, -0.15) is 18.3 Å². The van der Waals surface area contributed by atoms with Gasteiger partial charge in [0.15, 0.2) is 0 Å². The molecule has 0 aliphatic carbocycles. The molecule has 0 fully saturated rings. The average Bonchev–Trinajstić information content (AvgIpc) is 2.65. The predicted molar refractivity (Wildman–Crippen MR) is 101 cm³/mol. The molecule has 162 valence electrons. The minimum atomic E-state index is -4.78. The Morgan fingerprint density at radius 2 is 1.97 bits per heavy atom. The molecule has 1 heterocycles. The minimum absolute atomic E-state index is 0.0918. The summed E-state index contributed by atoms with van der Waals surface area (Å²) in [5.74, 6) is -0.735. The lowest BCUT2D eigenvalue weighted by molar-refractivity contribution is -0.385. The van der Waals surface area contributed by atoms with Crippen LogP contribution in [0.3, 0.4) is 0 Å². The van der Waals surface area contributed by atoms with Gasteiger partial charge in [0.05, 0.1) is 23.1 Å². The number of nitro benzene ring substituents is 1. The minimum Gasteiger partial charge on any atom is -0.344 e. The molecule has 9 nitrogen and oxygen atoms in total. The van der Waals surface area contributed by atoms with Gasteiger partial charge in [-0.3, -0.25) is 19.7 Å². The molecule has 1 N–H and O–H groups in total. The Balaban J connectivity index is 2.27. The second-order valence-electron chi connectivity index (χ2n) is 6.85. The van der Waals surface area contributed by atoms with Gasteiger partial charge < -0.3 is 10.2 Å². The van der Waals surface area contributed by atoms with E-state index in [0.29, 0.717) is 12.6 Å². The summed E-state index contributed by atoms with van der Waals surface area (Å²) in [5, 5.41) is 17.4. The summed E-state index contributed by atoms with van der Waals surface area (Å²) < 4.78 is 40.3. The van der Waals surface area contributed by atoms with E-state index in [0.717, 1.165) is 22.9 Å². The third-order valence-corrected chi connectivity index (χ3v) is 4.18. The van der Waals surface area contributed by atoms with Gasteiger partial charge in [-0.1, -0.05) is 0 Å². The number of alkyl halides is 3. The summed E-state index contributed by atoms with van der Waals surface area (Å²) in [6, 6.07) is 3.51. The quantitative estimate of drug-likeness (QED) is 0.536. The Bertz CT molecular complexity index is 1000. The average molecular weight is 427 g/mol. The number of carbonyl (C=O) groups is 1. The number of rotatable bonds is 7. The van der Waals surface area contributed by atoms with Crippen LogP contribution in [0.5, 0.6) is 0 Å². The van der Waals surface area contributed by atoms with Crippen LogP contribution >= 0.6 is 0 Å². The van der Waals surface area contributed by atoms with E-state index in [1.54, 1.807) is 14.1 Å². The van der Waals surface area contributed by atoms with Gasteiger partial charge in [0.25, 0.3) is 17.2 Å². The van der Waals surface area contributed by atoms with Gasteiger partial charge in [0, 0.05) is 24.7 Å². The molecule has 0 aliphatic heterocycles. The number of likely N-dealkylation sites (N-methyl/N-ethyl adjacent to an activating group) is 1. The van der Waals surface area contributed by atoms with E-state index in [9.17, 15) is 32.9 Å². The SMILES string of the molecule is CC(NC(=O)c1ccc(=O)n(CCN(C)C)n1)c1cc([N+](=O)[O-])cc(C(F)(F)F)c1. The zero-order chi connectivity index (χ0) is 22.6. The highest BCUT2D eigenvalue weighted by molar-refractivity contribution is 5.92. The summed E-state index contributed by atoms with van der Waals surface area (Å²) in [6.45, 7) is 2.13. The van der Waals surface area contributed by atoms with E-state index in [-0.39, 0.29) is 17.8 Å². The molecule has 0 saturated carbocycles. The van der Waals surface area contributed by atoms with Crippen LogP contribution in [0, 0.1) is 10.1 Å². The number of halogens is 3. The van der Waals surface area contributed by atoms with Crippen molar-refractivity contribution in [2.45, 2.75) is 25.7 Å². The Kier molecular flexibility index (Phi) is 6.92. The second-order valence-corrected chi connectivity index (χ2v) is 6.85. The number of hydrogen-bond donors (Lipinski definition) is 1. The van der Waals surface area contributed by atoms with Crippen LogP contribution in [-0.2, 0) is 12.7 Å². The first-order valence-electron chi connectivity index (χ1n) is 8.79. The normalized spacial score (nSPS) is 12.6. The number of hydrogen-bond acceptors (Lipinski definition) is 6. The maximum Gasteiger partial charge on any atom is 0.416 e. The summed E-state index contributed by atoms with van der Waals surface area (Å²) in [5.41, 5.74) is -2.54. The number of nitrogens with one attached hydrogen (secondary N) is 1. The standard InChI is InChI=1S/C18H20F3N5O4/c1-11(12-8-13(18(19,20)21)10-14(9-12)26(29)30)22-17(28)15-4-5-16(27)25(23-15)7-6-24(2)3/h4-5,8-11H,6-7H2,1-3H3,(H,22,28). The first-order chi connectivity index (χ1) is 13.9. The fourth-order valence-corrected chi connectivity index (χ4v) is 2.53. The van der Waals surface area contributed by atoms with Crippen molar-refractivity contribution in [1.82, 2.24) is 20.0 Å². The van der Waals surface area contributed by atoms with Crippen LogP contribution in [-0.4, -0.2) is 46.2 Å². The van der Waals surface area contributed by atoms with E-state index < -0.39 is 39.9 Å². The highest BCUT2D eigenvalue weighted by Crippen LogP contribution is 2.34. The second kappa shape index (κ2) is 9.03. The monoisotopic (exact) mass is 427 g/mol. The van der Waals surface area contributed by atoms with E-state index >= 15 is 0 Å². The number of aromatic nitrogens is 2. The summed E-state index contributed by atoms with van der Waals surface area (Å²) in [4.78, 5) is 36.2. The van der Waals surface area contributed by atoms with Crippen LogP contribution < -0.4 is 10.9 Å². The Labute approximate surface area is 169 Å². The number of carbonyl (C=O) groups excluding carboxylic acids is 1. The van der Waals surface area contributed by atoms with Gasteiger partial charge >= 0.3 is 6.18 Å². The third-order valence-electron chi connectivity index (χ3n) is 4.18. The molecule has 1 atom stereocenters. The summed E-state index contributed by atoms with van der Waals surface area (Å²) in [7, 11) is 3.61. The lowest BCUT2D eigenvalue weighted by Gasteiger charge is -2.16. The fraction of sp³-hybridized carbons (Fsp3) is 0.389. The molecular formula is C18H20F3N5O4. The molecule has 1 aromatic carbocycles. The van der Waals surface area contributed by atoms with Crippen molar-refractivity contribution in [2.75, 3.05) is 20.6 Å². The molecule has 2 aromatic rings.